The molecule has 0 unspecified atom stereocenters. The zero-order chi connectivity index (χ0) is 17.2. The summed E-state index contributed by atoms with van der Waals surface area (Å²) in [7, 11) is 0. The molecule has 0 amide bonds. The minimum absolute atomic E-state index is 0.118. The van der Waals surface area contributed by atoms with Crippen LogP contribution in [0.4, 0.5) is 0 Å². The van der Waals surface area contributed by atoms with E-state index in [1.807, 2.05) is 48.5 Å². The molecule has 122 valence electrons. The van der Waals surface area contributed by atoms with Gasteiger partial charge in [-0.25, -0.2) is 0 Å². The van der Waals surface area contributed by atoms with E-state index in [0.717, 1.165) is 27.5 Å². The van der Waals surface area contributed by atoms with E-state index in [1.165, 1.54) is 0 Å². The number of hydrogen-bond donors (Lipinski definition) is 2. The summed E-state index contributed by atoms with van der Waals surface area (Å²) in [6.45, 7) is 0. The second-order valence-corrected chi connectivity index (χ2v) is 6.16. The van der Waals surface area contributed by atoms with Crippen LogP contribution in [0.5, 0.6) is 11.5 Å². The highest BCUT2D eigenvalue weighted by molar-refractivity contribution is 5.90. The fraction of sp³-hybridized carbons (Fsp3) is 0.0435. The Morgan fingerprint density at radius 2 is 1.16 bits per heavy atom. The van der Waals surface area contributed by atoms with Crippen molar-refractivity contribution in [2.75, 3.05) is 0 Å². The Kier molecular flexibility index (Phi) is 3.87. The highest BCUT2D eigenvalue weighted by Crippen LogP contribution is 2.41. The number of aromatic hydroxyl groups is 2. The molecule has 2 nitrogen and oxygen atoms in total. The lowest BCUT2D eigenvalue weighted by atomic mass is 9.82. The second-order valence-electron chi connectivity index (χ2n) is 6.16. The molecular weight excluding hydrogens is 308 g/mol. The first-order valence-electron chi connectivity index (χ1n) is 8.28. The third-order valence-electron chi connectivity index (χ3n) is 4.58. The van der Waals surface area contributed by atoms with E-state index in [0.29, 0.717) is 0 Å². The van der Waals surface area contributed by atoms with Crippen LogP contribution in [-0.4, -0.2) is 10.2 Å². The van der Waals surface area contributed by atoms with Gasteiger partial charge in [0.25, 0.3) is 0 Å². The smallest absolute Gasteiger partial charge is 0.120 e. The third-order valence-corrected chi connectivity index (χ3v) is 4.58. The van der Waals surface area contributed by atoms with Crippen LogP contribution in [0.1, 0.15) is 22.6 Å². The summed E-state index contributed by atoms with van der Waals surface area (Å²) in [5, 5.41) is 22.5. The molecule has 0 radical (unpaired) electrons. The molecule has 0 fully saturated rings. The molecule has 0 bridgehead atoms. The van der Waals surface area contributed by atoms with Crippen molar-refractivity contribution in [3.8, 4) is 11.5 Å². The Morgan fingerprint density at radius 3 is 1.76 bits per heavy atom. The Balaban J connectivity index is 2.05. The van der Waals surface area contributed by atoms with Crippen molar-refractivity contribution in [2.24, 2.45) is 0 Å². The monoisotopic (exact) mass is 326 g/mol. The molecule has 0 saturated heterocycles. The van der Waals surface area contributed by atoms with Crippen LogP contribution in [0.15, 0.2) is 91.0 Å². The lowest BCUT2D eigenvalue weighted by Gasteiger charge is -2.22. The molecule has 2 heteroatoms. The highest BCUT2D eigenvalue weighted by Gasteiger charge is 2.22. The molecule has 4 aromatic carbocycles. The van der Waals surface area contributed by atoms with Gasteiger partial charge in [0, 0.05) is 11.5 Å². The molecule has 25 heavy (non-hydrogen) atoms. The number of rotatable bonds is 3. The van der Waals surface area contributed by atoms with Gasteiger partial charge in [0.2, 0.25) is 0 Å². The zero-order valence-corrected chi connectivity index (χ0v) is 13.6. The normalized spacial score (nSPS) is 11.1. The Labute approximate surface area is 146 Å². The minimum Gasteiger partial charge on any atom is -0.508 e. The van der Waals surface area contributed by atoms with Crippen LogP contribution in [0.25, 0.3) is 10.8 Å². The lowest BCUT2D eigenvalue weighted by Crippen LogP contribution is -2.04. The van der Waals surface area contributed by atoms with Crippen molar-refractivity contribution in [3.63, 3.8) is 0 Å². The fourth-order valence-electron chi connectivity index (χ4n) is 3.44. The maximum Gasteiger partial charge on any atom is 0.120 e. The van der Waals surface area contributed by atoms with Gasteiger partial charge in [0.15, 0.2) is 0 Å². The predicted molar refractivity (Wildman–Crippen MR) is 101 cm³/mol. The molecular formula is C23H18O2. The summed E-state index contributed by atoms with van der Waals surface area (Å²) in [6, 6.07) is 29.1. The standard InChI is InChI=1S/C23H18O2/c24-19-13-11-16-12-14-21(25)23(20(16)15-19)22(17-7-3-1-4-8-17)18-9-5-2-6-10-18/h1-15,22,24-25H. The quantitative estimate of drug-likeness (QED) is 0.493. The number of fused-ring (bicyclic) bond motifs is 1. The average molecular weight is 326 g/mol. The van der Waals surface area contributed by atoms with Gasteiger partial charge >= 0.3 is 0 Å². The molecule has 0 saturated carbocycles. The van der Waals surface area contributed by atoms with Crippen molar-refractivity contribution in [2.45, 2.75) is 5.92 Å². The predicted octanol–water partition coefficient (Wildman–Crippen LogP) is 5.43. The van der Waals surface area contributed by atoms with Crippen molar-refractivity contribution in [3.05, 3.63) is 108 Å². The molecule has 4 aromatic rings. The largest absolute Gasteiger partial charge is 0.508 e. The van der Waals surface area contributed by atoms with E-state index in [-0.39, 0.29) is 17.4 Å². The van der Waals surface area contributed by atoms with Gasteiger partial charge in [-0.05, 0) is 40.1 Å². The van der Waals surface area contributed by atoms with E-state index in [9.17, 15) is 10.2 Å². The van der Waals surface area contributed by atoms with E-state index in [4.69, 9.17) is 0 Å². The number of hydrogen-bond acceptors (Lipinski definition) is 2. The van der Waals surface area contributed by atoms with Crippen LogP contribution in [0, 0.1) is 0 Å². The molecule has 0 aliphatic rings. The summed E-state index contributed by atoms with van der Waals surface area (Å²) >= 11 is 0. The van der Waals surface area contributed by atoms with Gasteiger partial charge in [0.1, 0.15) is 11.5 Å². The second kappa shape index (κ2) is 6.33. The van der Waals surface area contributed by atoms with Crippen LogP contribution < -0.4 is 0 Å². The van der Waals surface area contributed by atoms with Gasteiger partial charge in [-0.3, -0.25) is 0 Å². The molecule has 4 rings (SSSR count). The van der Waals surface area contributed by atoms with Gasteiger partial charge in [0.05, 0.1) is 0 Å². The average Bonchev–Trinajstić information content (AvgIpc) is 2.66. The van der Waals surface area contributed by atoms with Crippen LogP contribution in [0.2, 0.25) is 0 Å². The van der Waals surface area contributed by atoms with Crippen molar-refractivity contribution in [1.29, 1.82) is 0 Å². The number of phenolic OH excluding ortho intramolecular Hbond substituents is 2. The maximum atomic E-state index is 10.7. The summed E-state index contributed by atoms with van der Waals surface area (Å²) in [4.78, 5) is 0. The van der Waals surface area contributed by atoms with Gasteiger partial charge in [-0.2, -0.15) is 0 Å². The maximum absolute atomic E-state index is 10.7. The van der Waals surface area contributed by atoms with Crippen molar-refractivity contribution < 1.29 is 10.2 Å². The van der Waals surface area contributed by atoms with Gasteiger partial charge in [-0.1, -0.05) is 72.8 Å². The summed E-state index contributed by atoms with van der Waals surface area (Å²) in [6.07, 6.45) is 0. The Hall–Kier alpha value is -3.26. The molecule has 0 spiro atoms. The first-order chi connectivity index (χ1) is 12.2. The lowest BCUT2D eigenvalue weighted by molar-refractivity contribution is 0.468. The number of benzene rings is 4. The summed E-state index contributed by atoms with van der Waals surface area (Å²) in [5.41, 5.74) is 3.01. The molecule has 0 aliphatic carbocycles. The van der Waals surface area contributed by atoms with E-state index in [2.05, 4.69) is 24.3 Å². The molecule has 2 N–H and O–H groups in total. The Bertz CT molecular complexity index is 963. The number of phenols is 2. The summed E-state index contributed by atoms with van der Waals surface area (Å²) < 4.78 is 0. The zero-order valence-electron chi connectivity index (χ0n) is 13.6. The molecule has 0 aliphatic heterocycles. The molecule has 0 aromatic heterocycles. The topological polar surface area (TPSA) is 40.5 Å². The van der Waals surface area contributed by atoms with Crippen LogP contribution >= 0.6 is 0 Å². The summed E-state index contributed by atoms with van der Waals surface area (Å²) in [5.74, 6) is 0.308. The van der Waals surface area contributed by atoms with Gasteiger partial charge < -0.3 is 10.2 Å². The first kappa shape index (κ1) is 15.3. The SMILES string of the molecule is Oc1ccc2ccc(O)c(C(c3ccccc3)c3ccccc3)c2c1. The van der Waals surface area contributed by atoms with E-state index in [1.54, 1.807) is 18.2 Å². The van der Waals surface area contributed by atoms with E-state index < -0.39 is 0 Å². The van der Waals surface area contributed by atoms with Gasteiger partial charge in [-0.15, -0.1) is 0 Å². The fourth-order valence-corrected chi connectivity index (χ4v) is 3.44. The highest BCUT2D eigenvalue weighted by atomic mass is 16.3. The van der Waals surface area contributed by atoms with Crippen LogP contribution in [-0.2, 0) is 0 Å². The van der Waals surface area contributed by atoms with Crippen LogP contribution in [0.3, 0.4) is 0 Å². The van der Waals surface area contributed by atoms with Crippen molar-refractivity contribution >= 4 is 10.8 Å². The minimum atomic E-state index is -0.118. The Morgan fingerprint density at radius 1 is 0.600 bits per heavy atom. The van der Waals surface area contributed by atoms with E-state index >= 15 is 0 Å². The third kappa shape index (κ3) is 2.83. The van der Waals surface area contributed by atoms with Crippen molar-refractivity contribution in [1.82, 2.24) is 0 Å². The molecule has 0 atom stereocenters. The molecule has 0 heterocycles. The first-order valence-corrected chi connectivity index (χ1v) is 8.28.